The second-order valence-electron chi connectivity index (χ2n) is 6.66. The van der Waals surface area contributed by atoms with Crippen molar-refractivity contribution in [3.63, 3.8) is 0 Å². The van der Waals surface area contributed by atoms with Crippen LogP contribution in [0.1, 0.15) is 15.9 Å². The highest BCUT2D eigenvalue weighted by Crippen LogP contribution is 2.28. The van der Waals surface area contributed by atoms with Crippen LogP contribution in [0.3, 0.4) is 0 Å². The molecule has 7 nitrogen and oxygen atoms in total. The summed E-state index contributed by atoms with van der Waals surface area (Å²) < 4.78 is 22.1. The van der Waals surface area contributed by atoms with Crippen molar-refractivity contribution in [2.45, 2.75) is 6.61 Å². The summed E-state index contributed by atoms with van der Waals surface area (Å²) >= 11 is 0. The summed E-state index contributed by atoms with van der Waals surface area (Å²) in [5.41, 5.74) is 1.66. The van der Waals surface area contributed by atoms with E-state index in [0.717, 1.165) is 5.56 Å². The molecular formula is C22H21NO6. The molecule has 4 rings (SSSR count). The molecule has 0 bridgehead atoms. The zero-order chi connectivity index (χ0) is 20.2. The van der Waals surface area contributed by atoms with E-state index in [1.54, 1.807) is 42.5 Å². The quantitative estimate of drug-likeness (QED) is 0.615. The number of morpholine rings is 1. The fraction of sp³-hybridized carbons (Fsp3) is 0.273. The van der Waals surface area contributed by atoms with E-state index in [9.17, 15) is 9.59 Å². The Balaban J connectivity index is 1.59. The average molecular weight is 395 g/mol. The van der Waals surface area contributed by atoms with E-state index in [2.05, 4.69) is 0 Å². The van der Waals surface area contributed by atoms with E-state index in [1.807, 2.05) is 4.90 Å². The Hall–Kier alpha value is -3.32. The van der Waals surface area contributed by atoms with Gasteiger partial charge in [0.2, 0.25) is 0 Å². The lowest BCUT2D eigenvalue weighted by atomic mass is 10.1. The van der Waals surface area contributed by atoms with Crippen LogP contribution in [-0.4, -0.2) is 39.4 Å². The van der Waals surface area contributed by atoms with Crippen LogP contribution in [0.4, 0.5) is 5.88 Å². The van der Waals surface area contributed by atoms with Crippen LogP contribution in [0.25, 0.3) is 11.0 Å². The van der Waals surface area contributed by atoms with Gasteiger partial charge in [0.05, 0.1) is 31.3 Å². The van der Waals surface area contributed by atoms with Crippen LogP contribution in [0, 0.1) is 0 Å². The van der Waals surface area contributed by atoms with Crippen LogP contribution >= 0.6 is 0 Å². The molecule has 0 saturated carbocycles. The maximum Gasteiger partial charge on any atom is 0.337 e. The van der Waals surface area contributed by atoms with Gasteiger partial charge in [0.25, 0.3) is 0 Å². The molecule has 1 saturated heterocycles. The number of methoxy groups -OCH3 is 1. The number of benzene rings is 2. The number of fused-ring (bicyclic) bond motifs is 1. The lowest BCUT2D eigenvalue weighted by Gasteiger charge is -2.27. The van der Waals surface area contributed by atoms with Crippen LogP contribution < -0.4 is 15.1 Å². The molecule has 0 aliphatic carbocycles. The molecule has 0 amide bonds. The molecule has 3 aromatic rings. The molecule has 1 aliphatic rings. The third kappa shape index (κ3) is 4.09. The van der Waals surface area contributed by atoms with Crippen LogP contribution in [0.15, 0.2) is 57.7 Å². The summed E-state index contributed by atoms with van der Waals surface area (Å²) in [4.78, 5) is 26.1. The Morgan fingerprint density at radius 2 is 1.86 bits per heavy atom. The van der Waals surface area contributed by atoms with Crippen LogP contribution in [0.2, 0.25) is 0 Å². The molecule has 2 heterocycles. The Bertz CT molecular complexity index is 1070. The molecule has 0 radical (unpaired) electrons. The van der Waals surface area contributed by atoms with Gasteiger partial charge in [0.15, 0.2) is 22.6 Å². The molecule has 0 N–H and O–H groups in total. The number of hydrogen-bond acceptors (Lipinski definition) is 7. The normalized spacial score (nSPS) is 14.0. The number of esters is 1. The summed E-state index contributed by atoms with van der Waals surface area (Å²) in [6.45, 7) is 2.81. The summed E-state index contributed by atoms with van der Waals surface area (Å²) in [7, 11) is 1.35. The van der Waals surface area contributed by atoms with Crippen molar-refractivity contribution in [3.8, 4) is 5.75 Å². The van der Waals surface area contributed by atoms with Gasteiger partial charge in [0, 0.05) is 19.2 Å². The Labute approximate surface area is 167 Å². The van der Waals surface area contributed by atoms with E-state index >= 15 is 0 Å². The van der Waals surface area contributed by atoms with E-state index in [1.165, 1.54) is 13.2 Å². The maximum absolute atomic E-state index is 12.6. The van der Waals surface area contributed by atoms with E-state index in [4.69, 9.17) is 18.6 Å². The van der Waals surface area contributed by atoms with Gasteiger partial charge >= 0.3 is 5.97 Å². The largest absolute Gasteiger partial charge is 0.485 e. The first-order valence-electron chi connectivity index (χ1n) is 9.35. The number of ether oxygens (including phenoxy) is 3. The van der Waals surface area contributed by atoms with Gasteiger partial charge in [-0.25, -0.2) is 4.79 Å². The predicted octanol–water partition coefficient (Wildman–Crippen LogP) is 3.00. The highest BCUT2D eigenvalue weighted by atomic mass is 16.5. The molecule has 1 fully saturated rings. The zero-order valence-electron chi connectivity index (χ0n) is 16.1. The number of hydrogen-bond donors (Lipinski definition) is 0. The van der Waals surface area contributed by atoms with Crippen molar-refractivity contribution in [2.75, 3.05) is 38.3 Å². The van der Waals surface area contributed by atoms with Gasteiger partial charge < -0.3 is 23.5 Å². The van der Waals surface area contributed by atoms with Gasteiger partial charge in [-0.2, -0.15) is 0 Å². The number of anilines is 1. The Kier molecular flexibility index (Phi) is 5.48. The summed E-state index contributed by atoms with van der Waals surface area (Å²) in [5, 5.41) is 0.473. The number of rotatable bonds is 5. The van der Waals surface area contributed by atoms with Crippen LogP contribution in [-0.2, 0) is 16.1 Å². The van der Waals surface area contributed by atoms with Gasteiger partial charge in [-0.3, -0.25) is 4.79 Å². The number of nitrogens with zero attached hydrogens (tertiary/aromatic N) is 1. The second-order valence-corrected chi connectivity index (χ2v) is 6.66. The summed E-state index contributed by atoms with van der Waals surface area (Å²) in [6.07, 6.45) is 0. The number of carbonyl (C=O) groups excluding carboxylic acids is 1. The van der Waals surface area contributed by atoms with Gasteiger partial charge in [-0.15, -0.1) is 0 Å². The molecule has 1 aliphatic heterocycles. The molecule has 1 aromatic heterocycles. The van der Waals surface area contributed by atoms with Gasteiger partial charge in [-0.05, 0) is 29.8 Å². The summed E-state index contributed by atoms with van der Waals surface area (Å²) in [6, 6.07) is 13.7. The van der Waals surface area contributed by atoms with Gasteiger partial charge in [0.1, 0.15) is 6.61 Å². The van der Waals surface area contributed by atoms with Gasteiger partial charge in [-0.1, -0.05) is 18.2 Å². The smallest absolute Gasteiger partial charge is 0.337 e. The van der Waals surface area contributed by atoms with Crippen LogP contribution in [0.5, 0.6) is 5.75 Å². The topological polar surface area (TPSA) is 78.2 Å². The zero-order valence-corrected chi connectivity index (χ0v) is 16.1. The van der Waals surface area contributed by atoms with E-state index < -0.39 is 0 Å². The van der Waals surface area contributed by atoms with Crippen molar-refractivity contribution in [1.82, 2.24) is 0 Å². The second kappa shape index (κ2) is 8.36. The highest BCUT2D eigenvalue weighted by Gasteiger charge is 2.17. The average Bonchev–Trinajstić information content (AvgIpc) is 2.78. The predicted molar refractivity (Wildman–Crippen MR) is 108 cm³/mol. The van der Waals surface area contributed by atoms with E-state index in [-0.39, 0.29) is 18.0 Å². The standard InChI is InChI=1S/C22H21NO6/c1-26-22(25)16-7-5-15(6-8-16)14-28-19-4-2-3-17-18(24)13-20(29-21(17)19)23-9-11-27-12-10-23/h2-8,13H,9-12,14H2,1H3. The Morgan fingerprint density at radius 3 is 2.59 bits per heavy atom. The monoisotopic (exact) mass is 395 g/mol. The molecule has 0 atom stereocenters. The lowest BCUT2D eigenvalue weighted by molar-refractivity contribution is 0.0600. The lowest BCUT2D eigenvalue weighted by Crippen LogP contribution is -2.36. The number of para-hydroxylation sites is 1. The third-order valence-electron chi connectivity index (χ3n) is 4.80. The SMILES string of the molecule is COC(=O)c1ccc(COc2cccc3c(=O)cc(N4CCOCC4)oc23)cc1. The molecule has 0 spiro atoms. The van der Waals surface area contributed by atoms with Crippen molar-refractivity contribution in [2.24, 2.45) is 0 Å². The summed E-state index contributed by atoms with van der Waals surface area (Å²) in [5.74, 6) is 0.625. The first-order chi connectivity index (χ1) is 14.2. The van der Waals surface area contributed by atoms with E-state index in [0.29, 0.717) is 54.5 Å². The molecule has 0 unspecified atom stereocenters. The maximum atomic E-state index is 12.6. The molecule has 150 valence electrons. The minimum Gasteiger partial charge on any atom is -0.485 e. The van der Waals surface area contributed by atoms with Crippen molar-refractivity contribution in [1.29, 1.82) is 0 Å². The number of carbonyl (C=O) groups is 1. The first kappa shape index (κ1) is 19.0. The third-order valence-corrected chi connectivity index (χ3v) is 4.80. The van der Waals surface area contributed by atoms with Crippen molar-refractivity contribution < 1.29 is 23.4 Å². The first-order valence-corrected chi connectivity index (χ1v) is 9.35. The highest BCUT2D eigenvalue weighted by molar-refractivity contribution is 5.89. The molecular weight excluding hydrogens is 374 g/mol. The molecule has 7 heteroatoms. The Morgan fingerprint density at radius 1 is 1.10 bits per heavy atom. The molecule has 29 heavy (non-hydrogen) atoms. The fourth-order valence-electron chi connectivity index (χ4n) is 3.21. The minimum absolute atomic E-state index is 0.111. The molecule has 2 aromatic carbocycles. The van der Waals surface area contributed by atoms with Crippen molar-refractivity contribution in [3.05, 3.63) is 69.9 Å². The minimum atomic E-state index is -0.385. The fourth-order valence-corrected chi connectivity index (χ4v) is 3.21. The van der Waals surface area contributed by atoms with Crippen molar-refractivity contribution >= 4 is 22.8 Å².